The summed E-state index contributed by atoms with van der Waals surface area (Å²) in [5.41, 5.74) is -0.834. The summed E-state index contributed by atoms with van der Waals surface area (Å²) in [4.78, 5) is 29.3. The smallest absolute Gasteiger partial charge is 0.367 e. The molecule has 0 aliphatic carbocycles. The number of alkyl halides is 3. The lowest BCUT2D eigenvalue weighted by Gasteiger charge is -2.17. The fraction of sp³-hybridized carbons (Fsp3) is 0.316. The van der Waals surface area contributed by atoms with Crippen LogP contribution in [0.15, 0.2) is 36.5 Å². The van der Waals surface area contributed by atoms with Gasteiger partial charge in [-0.1, -0.05) is 23.7 Å². The van der Waals surface area contributed by atoms with Crippen molar-refractivity contribution >= 4 is 34.9 Å². The first-order valence-corrected chi connectivity index (χ1v) is 9.34. The van der Waals surface area contributed by atoms with Gasteiger partial charge in [-0.15, -0.1) is 0 Å². The van der Waals surface area contributed by atoms with E-state index >= 15 is 0 Å². The molecule has 1 aromatic heterocycles. The quantitative estimate of drug-likeness (QED) is 0.528. The lowest BCUT2D eigenvalue weighted by Crippen LogP contribution is -2.35. The van der Waals surface area contributed by atoms with Crippen LogP contribution in [-0.2, 0) is 15.8 Å². The van der Waals surface area contributed by atoms with Gasteiger partial charge in [0.2, 0.25) is 11.8 Å². The third-order valence-corrected chi connectivity index (χ3v) is 4.81. The molecule has 1 fully saturated rings. The first-order valence-electron chi connectivity index (χ1n) is 8.96. The van der Waals surface area contributed by atoms with Crippen LogP contribution in [0.4, 0.5) is 29.1 Å². The van der Waals surface area contributed by atoms with Gasteiger partial charge in [0.15, 0.2) is 0 Å². The topological polar surface area (TPSA) is 74.3 Å². The molecule has 1 aliphatic heterocycles. The van der Waals surface area contributed by atoms with Gasteiger partial charge in [0.05, 0.1) is 22.2 Å². The number of carbonyl (C=O) groups is 2. The summed E-state index contributed by atoms with van der Waals surface area (Å²) in [5.74, 6) is -1.85. The van der Waals surface area contributed by atoms with Crippen molar-refractivity contribution in [2.45, 2.75) is 12.6 Å². The second-order valence-corrected chi connectivity index (χ2v) is 7.03. The number of pyridine rings is 1. The molecule has 1 saturated heterocycles. The molecule has 11 heteroatoms. The molecule has 160 valence electrons. The van der Waals surface area contributed by atoms with E-state index in [-0.39, 0.29) is 54.4 Å². The molecule has 6 nitrogen and oxygen atoms in total. The van der Waals surface area contributed by atoms with Gasteiger partial charge in [-0.25, -0.2) is 9.37 Å². The number of hydrogen-bond acceptors (Lipinski definition) is 4. The van der Waals surface area contributed by atoms with Crippen molar-refractivity contribution < 1.29 is 27.2 Å². The lowest BCUT2D eigenvalue weighted by atomic mass is 10.1. The van der Waals surface area contributed by atoms with Crippen LogP contribution in [-0.4, -0.2) is 36.4 Å². The van der Waals surface area contributed by atoms with Crippen molar-refractivity contribution in [2.75, 3.05) is 29.9 Å². The highest BCUT2D eigenvalue weighted by Gasteiger charge is 2.36. The highest BCUT2D eigenvalue weighted by atomic mass is 35.5. The predicted molar refractivity (Wildman–Crippen MR) is 103 cm³/mol. The van der Waals surface area contributed by atoms with Gasteiger partial charge in [0.1, 0.15) is 11.6 Å². The van der Waals surface area contributed by atoms with Crippen LogP contribution in [0.3, 0.4) is 0 Å². The summed E-state index contributed by atoms with van der Waals surface area (Å²) in [6.45, 7) is 0.342. The van der Waals surface area contributed by atoms with Crippen LogP contribution in [0.2, 0.25) is 5.02 Å². The van der Waals surface area contributed by atoms with Crippen molar-refractivity contribution in [3.8, 4) is 0 Å². The molecule has 2 amide bonds. The number of nitrogens with one attached hydrogen (secondary N) is 2. The maximum Gasteiger partial charge on any atom is 0.417 e. The fourth-order valence-corrected chi connectivity index (χ4v) is 3.25. The van der Waals surface area contributed by atoms with Crippen LogP contribution >= 0.6 is 11.6 Å². The number of rotatable bonds is 6. The molecular formula is C19H17ClF4N4O2. The molecule has 3 rings (SSSR count). The van der Waals surface area contributed by atoms with Crippen molar-refractivity contribution in [2.24, 2.45) is 5.92 Å². The number of anilines is 2. The number of carbonyl (C=O) groups excluding carboxylic acids is 2. The number of aromatic nitrogens is 1. The number of amides is 2. The zero-order valence-electron chi connectivity index (χ0n) is 15.5. The van der Waals surface area contributed by atoms with Gasteiger partial charge < -0.3 is 15.5 Å². The summed E-state index contributed by atoms with van der Waals surface area (Å²) in [5, 5.41) is 5.17. The molecule has 1 aromatic carbocycles. The lowest BCUT2D eigenvalue weighted by molar-refractivity contribution is -0.137. The average molecular weight is 445 g/mol. The highest BCUT2D eigenvalue weighted by Crippen LogP contribution is 2.32. The number of hydrogen-bond donors (Lipinski definition) is 2. The Morgan fingerprint density at radius 2 is 2.00 bits per heavy atom. The molecule has 0 unspecified atom stereocenters. The van der Waals surface area contributed by atoms with Gasteiger partial charge >= 0.3 is 6.18 Å². The van der Waals surface area contributed by atoms with E-state index in [1.54, 1.807) is 6.07 Å². The molecule has 2 aromatic rings. The van der Waals surface area contributed by atoms with Crippen LogP contribution in [0.5, 0.6) is 0 Å². The minimum atomic E-state index is -4.54. The van der Waals surface area contributed by atoms with Gasteiger partial charge in [0, 0.05) is 32.3 Å². The van der Waals surface area contributed by atoms with E-state index in [1.807, 2.05) is 0 Å². The molecule has 2 N–H and O–H groups in total. The Labute approximate surface area is 174 Å². The number of halogens is 5. The summed E-state index contributed by atoms with van der Waals surface area (Å²) in [6.07, 6.45) is -3.92. The number of nitrogens with zero attached hydrogens (tertiary/aromatic N) is 2. The fourth-order valence-electron chi connectivity index (χ4n) is 3.02. The van der Waals surface area contributed by atoms with E-state index in [9.17, 15) is 27.2 Å². The van der Waals surface area contributed by atoms with E-state index in [0.717, 1.165) is 6.07 Å². The Bertz CT molecular complexity index is 954. The first-order chi connectivity index (χ1) is 14.2. The van der Waals surface area contributed by atoms with Crippen LogP contribution in [0.25, 0.3) is 0 Å². The Morgan fingerprint density at radius 3 is 2.67 bits per heavy atom. The van der Waals surface area contributed by atoms with E-state index in [2.05, 4.69) is 15.6 Å². The van der Waals surface area contributed by atoms with E-state index in [0.29, 0.717) is 6.20 Å². The summed E-state index contributed by atoms with van der Waals surface area (Å²) < 4.78 is 51.7. The second kappa shape index (κ2) is 8.86. The molecule has 0 bridgehead atoms. The molecule has 2 heterocycles. The minimum Gasteiger partial charge on any atom is -0.367 e. The largest absolute Gasteiger partial charge is 0.417 e. The zero-order chi connectivity index (χ0) is 21.9. The third-order valence-electron chi connectivity index (χ3n) is 4.52. The van der Waals surface area contributed by atoms with Crippen LogP contribution in [0.1, 0.15) is 12.0 Å². The molecule has 0 saturated carbocycles. The number of para-hydroxylation sites is 1. The third kappa shape index (κ3) is 4.99. The minimum absolute atomic E-state index is 0.0418. The molecule has 0 spiro atoms. The Balaban J connectivity index is 1.49. The van der Waals surface area contributed by atoms with Crippen LogP contribution < -0.4 is 15.5 Å². The summed E-state index contributed by atoms with van der Waals surface area (Å²) in [7, 11) is 0. The Kier molecular flexibility index (Phi) is 6.45. The van der Waals surface area contributed by atoms with Crippen molar-refractivity contribution in [1.29, 1.82) is 0 Å². The first kappa shape index (κ1) is 21.8. The van der Waals surface area contributed by atoms with Gasteiger partial charge in [-0.3, -0.25) is 9.59 Å². The summed E-state index contributed by atoms with van der Waals surface area (Å²) >= 11 is 5.80. The Morgan fingerprint density at radius 1 is 1.27 bits per heavy atom. The standard InChI is InChI=1S/C19H17ClF4N4O2/c20-13-8-12(19(22,23)24)9-27-17(13)25-5-6-26-18(30)11-7-16(29)28(10-11)15-4-2-1-3-14(15)21/h1-4,8-9,11H,5-7,10H2,(H,25,27)(H,26,30)/t11-/m0/s1. The predicted octanol–water partition coefficient (Wildman–Crippen LogP) is 3.47. The monoisotopic (exact) mass is 444 g/mol. The van der Waals surface area contributed by atoms with E-state index in [1.165, 1.54) is 23.1 Å². The molecular weight excluding hydrogens is 428 g/mol. The molecule has 1 atom stereocenters. The Hall–Kier alpha value is -2.88. The van der Waals surface area contributed by atoms with Crippen molar-refractivity contribution in [3.05, 3.63) is 52.9 Å². The van der Waals surface area contributed by atoms with Gasteiger partial charge in [-0.05, 0) is 18.2 Å². The van der Waals surface area contributed by atoms with Crippen molar-refractivity contribution in [3.63, 3.8) is 0 Å². The SMILES string of the molecule is O=C(NCCNc1ncc(C(F)(F)F)cc1Cl)[C@H]1CC(=O)N(c2ccccc2F)C1. The zero-order valence-corrected chi connectivity index (χ0v) is 16.2. The summed E-state index contributed by atoms with van der Waals surface area (Å²) in [6, 6.07) is 6.58. The van der Waals surface area contributed by atoms with Gasteiger partial charge in [-0.2, -0.15) is 13.2 Å². The average Bonchev–Trinajstić information content (AvgIpc) is 3.07. The maximum atomic E-state index is 13.9. The van der Waals surface area contributed by atoms with Crippen LogP contribution in [0, 0.1) is 11.7 Å². The second-order valence-electron chi connectivity index (χ2n) is 6.63. The van der Waals surface area contributed by atoms with E-state index < -0.39 is 23.5 Å². The van der Waals surface area contributed by atoms with Crippen molar-refractivity contribution in [1.82, 2.24) is 10.3 Å². The number of benzene rings is 1. The molecule has 0 radical (unpaired) electrons. The maximum absolute atomic E-state index is 13.9. The highest BCUT2D eigenvalue weighted by molar-refractivity contribution is 6.32. The molecule has 1 aliphatic rings. The van der Waals surface area contributed by atoms with Gasteiger partial charge in [0.25, 0.3) is 0 Å². The van der Waals surface area contributed by atoms with E-state index in [4.69, 9.17) is 11.6 Å². The molecule has 30 heavy (non-hydrogen) atoms. The normalized spacial score (nSPS) is 16.6.